The highest BCUT2D eigenvalue weighted by Gasteiger charge is 2.22. The number of aryl methyl sites for hydroxylation is 1. The summed E-state index contributed by atoms with van der Waals surface area (Å²) in [6.45, 7) is 1.88. The molecule has 0 saturated heterocycles. The van der Waals surface area contributed by atoms with Crippen molar-refractivity contribution in [1.29, 1.82) is 0 Å². The quantitative estimate of drug-likeness (QED) is 0.467. The molecule has 10 nitrogen and oxygen atoms in total. The molecule has 2 aromatic heterocycles. The average Bonchev–Trinajstić information content (AvgIpc) is 3.41. The van der Waals surface area contributed by atoms with Crippen molar-refractivity contribution in [3.05, 3.63) is 54.1 Å². The lowest BCUT2D eigenvalue weighted by atomic mass is 10.1. The van der Waals surface area contributed by atoms with Crippen LogP contribution in [0.1, 0.15) is 23.6 Å². The number of ether oxygens (including phenoxy) is 1. The van der Waals surface area contributed by atoms with Crippen molar-refractivity contribution in [2.45, 2.75) is 38.6 Å². The first kappa shape index (κ1) is 19.1. The third kappa shape index (κ3) is 4.60. The van der Waals surface area contributed by atoms with Crippen LogP contribution in [0.4, 0.5) is 0 Å². The minimum absolute atomic E-state index is 0.250. The zero-order valence-electron chi connectivity index (χ0n) is 16.6. The molecule has 3 heterocycles. The standard InChI is InChI=1S/C19H25N9O/c1-20-19(22-9-14-3-6-16(7-4-14)28-13-21-12-23-28)24-15-5-8-18-25-17(11-29-2)26-27(18)10-15/h3-4,6-7,12-13,15H,5,8-11H2,1-2H3,(H2,20,22,24). The van der Waals surface area contributed by atoms with E-state index in [9.17, 15) is 0 Å². The van der Waals surface area contributed by atoms with Gasteiger partial charge in [0.2, 0.25) is 0 Å². The fraction of sp³-hybridized carbons (Fsp3) is 0.421. The lowest BCUT2D eigenvalue weighted by Crippen LogP contribution is -2.46. The Morgan fingerprint density at radius 2 is 2.17 bits per heavy atom. The van der Waals surface area contributed by atoms with Gasteiger partial charge in [-0.2, -0.15) is 10.2 Å². The number of rotatable bonds is 6. The summed E-state index contributed by atoms with van der Waals surface area (Å²) in [5.74, 6) is 2.53. The molecule has 0 aliphatic carbocycles. The van der Waals surface area contributed by atoms with Crippen LogP contribution < -0.4 is 10.6 Å². The number of guanidine groups is 1. The molecule has 152 valence electrons. The molecule has 29 heavy (non-hydrogen) atoms. The molecule has 0 saturated carbocycles. The Kier molecular flexibility index (Phi) is 5.80. The van der Waals surface area contributed by atoms with Crippen LogP contribution in [0.2, 0.25) is 0 Å². The van der Waals surface area contributed by atoms with E-state index >= 15 is 0 Å². The van der Waals surface area contributed by atoms with Gasteiger partial charge in [0.15, 0.2) is 11.8 Å². The summed E-state index contributed by atoms with van der Waals surface area (Å²) in [5, 5.41) is 15.5. The van der Waals surface area contributed by atoms with Gasteiger partial charge in [-0.05, 0) is 24.1 Å². The molecular formula is C19H25N9O. The SMILES string of the molecule is CN=C(NCc1ccc(-n2cncn2)cc1)NC1CCc2nc(COC)nn2C1. The summed E-state index contributed by atoms with van der Waals surface area (Å²) in [5.41, 5.74) is 2.13. The smallest absolute Gasteiger partial charge is 0.191 e. The highest BCUT2D eigenvalue weighted by Crippen LogP contribution is 2.13. The molecule has 3 aromatic rings. The molecule has 10 heteroatoms. The molecule has 4 rings (SSSR count). The number of benzene rings is 1. The summed E-state index contributed by atoms with van der Waals surface area (Å²) >= 11 is 0. The molecule has 0 spiro atoms. The van der Waals surface area contributed by atoms with E-state index in [1.165, 1.54) is 6.33 Å². The minimum atomic E-state index is 0.250. The molecule has 1 unspecified atom stereocenters. The third-order valence-corrected chi connectivity index (χ3v) is 4.82. The van der Waals surface area contributed by atoms with Crippen molar-refractivity contribution in [1.82, 2.24) is 40.2 Å². The van der Waals surface area contributed by atoms with E-state index in [1.54, 1.807) is 25.2 Å². The Morgan fingerprint density at radius 3 is 2.90 bits per heavy atom. The highest BCUT2D eigenvalue weighted by molar-refractivity contribution is 5.79. The number of aromatic nitrogens is 6. The van der Waals surface area contributed by atoms with Gasteiger partial charge in [-0.3, -0.25) is 4.99 Å². The molecule has 2 N–H and O–H groups in total. The summed E-state index contributed by atoms with van der Waals surface area (Å²) in [4.78, 5) is 12.8. The van der Waals surface area contributed by atoms with Crippen LogP contribution >= 0.6 is 0 Å². The fourth-order valence-electron chi connectivity index (χ4n) is 3.35. The van der Waals surface area contributed by atoms with E-state index in [2.05, 4.69) is 47.9 Å². The van der Waals surface area contributed by atoms with Gasteiger partial charge in [0.1, 0.15) is 25.1 Å². The molecular weight excluding hydrogens is 370 g/mol. The third-order valence-electron chi connectivity index (χ3n) is 4.82. The number of aliphatic imine (C=N–C) groups is 1. The predicted octanol–water partition coefficient (Wildman–Crippen LogP) is 0.685. The maximum Gasteiger partial charge on any atom is 0.191 e. The summed E-state index contributed by atoms with van der Waals surface area (Å²) in [6, 6.07) is 8.42. The van der Waals surface area contributed by atoms with Crippen LogP contribution in [-0.4, -0.2) is 55.7 Å². The van der Waals surface area contributed by atoms with Crippen LogP contribution in [0.3, 0.4) is 0 Å². The number of methoxy groups -OCH3 is 1. The minimum Gasteiger partial charge on any atom is -0.377 e. The second kappa shape index (κ2) is 8.82. The molecule has 1 atom stereocenters. The molecule has 1 aromatic carbocycles. The van der Waals surface area contributed by atoms with Crippen molar-refractivity contribution >= 4 is 5.96 Å². The van der Waals surface area contributed by atoms with E-state index < -0.39 is 0 Å². The van der Waals surface area contributed by atoms with E-state index in [0.29, 0.717) is 13.2 Å². The van der Waals surface area contributed by atoms with Crippen LogP contribution in [0.5, 0.6) is 0 Å². The molecule has 1 aliphatic rings. The first-order valence-electron chi connectivity index (χ1n) is 9.58. The number of hydrogen-bond donors (Lipinski definition) is 2. The Bertz CT molecular complexity index is 947. The molecule has 0 fully saturated rings. The Morgan fingerprint density at radius 1 is 1.31 bits per heavy atom. The van der Waals surface area contributed by atoms with Gasteiger partial charge in [-0.15, -0.1) is 0 Å². The van der Waals surface area contributed by atoms with Crippen molar-refractivity contribution in [2.24, 2.45) is 4.99 Å². The molecule has 0 bridgehead atoms. The van der Waals surface area contributed by atoms with Crippen molar-refractivity contribution in [2.75, 3.05) is 14.2 Å². The number of nitrogens with zero attached hydrogens (tertiary/aromatic N) is 7. The van der Waals surface area contributed by atoms with E-state index in [1.807, 2.05) is 16.8 Å². The first-order valence-corrected chi connectivity index (χ1v) is 9.58. The number of hydrogen-bond acceptors (Lipinski definition) is 6. The van der Waals surface area contributed by atoms with Crippen LogP contribution in [0.15, 0.2) is 41.9 Å². The molecule has 0 amide bonds. The average molecular weight is 395 g/mol. The van der Waals surface area contributed by atoms with Gasteiger partial charge in [0.25, 0.3) is 0 Å². The van der Waals surface area contributed by atoms with Gasteiger partial charge in [0, 0.05) is 33.2 Å². The van der Waals surface area contributed by atoms with Crippen molar-refractivity contribution in [3.63, 3.8) is 0 Å². The summed E-state index contributed by atoms with van der Waals surface area (Å²) in [6.07, 6.45) is 5.08. The summed E-state index contributed by atoms with van der Waals surface area (Å²) < 4.78 is 8.82. The second-order valence-electron chi connectivity index (χ2n) is 6.87. The molecule has 1 aliphatic heterocycles. The number of nitrogens with one attached hydrogen (secondary N) is 2. The lowest BCUT2D eigenvalue weighted by Gasteiger charge is -2.25. The van der Waals surface area contributed by atoms with E-state index in [4.69, 9.17) is 4.74 Å². The topological polar surface area (TPSA) is 107 Å². The van der Waals surface area contributed by atoms with E-state index in [0.717, 1.165) is 48.2 Å². The van der Waals surface area contributed by atoms with Gasteiger partial charge < -0.3 is 15.4 Å². The van der Waals surface area contributed by atoms with Crippen LogP contribution in [0.25, 0.3) is 5.69 Å². The second-order valence-corrected chi connectivity index (χ2v) is 6.87. The maximum absolute atomic E-state index is 5.13. The summed E-state index contributed by atoms with van der Waals surface area (Å²) in [7, 11) is 3.44. The van der Waals surface area contributed by atoms with Crippen LogP contribution in [0, 0.1) is 0 Å². The Balaban J connectivity index is 1.30. The lowest BCUT2D eigenvalue weighted by molar-refractivity contribution is 0.177. The zero-order valence-corrected chi connectivity index (χ0v) is 16.6. The zero-order chi connectivity index (χ0) is 20.1. The number of fused-ring (bicyclic) bond motifs is 1. The normalized spacial score (nSPS) is 16.5. The van der Waals surface area contributed by atoms with Gasteiger partial charge >= 0.3 is 0 Å². The monoisotopic (exact) mass is 395 g/mol. The van der Waals surface area contributed by atoms with Crippen molar-refractivity contribution < 1.29 is 4.74 Å². The van der Waals surface area contributed by atoms with Gasteiger partial charge in [-0.25, -0.2) is 19.3 Å². The highest BCUT2D eigenvalue weighted by atomic mass is 16.5. The Labute approximate surface area is 169 Å². The molecule has 0 radical (unpaired) electrons. The van der Waals surface area contributed by atoms with Crippen LogP contribution in [-0.2, 0) is 30.9 Å². The maximum atomic E-state index is 5.13. The van der Waals surface area contributed by atoms with E-state index in [-0.39, 0.29) is 6.04 Å². The predicted molar refractivity (Wildman–Crippen MR) is 108 cm³/mol. The fourth-order valence-corrected chi connectivity index (χ4v) is 3.35. The Hall–Kier alpha value is -3.27. The van der Waals surface area contributed by atoms with Gasteiger partial charge in [-0.1, -0.05) is 12.1 Å². The first-order chi connectivity index (χ1) is 14.2. The largest absolute Gasteiger partial charge is 0.377 e. The van der Waals surface area contributed by atoms with Gasteiger partial charge in [0.05, 0.1) is 12.2 Å². The van der Waals surface area contributed by atoms with Crippen molar-refractivity contribution in [3.8, 4) is 5.69 Å².